The van der Waals surface area contributed by atoms with Gasteiger partial charge in [0.15, 0.2) is 6.10 Å². The number of likely N-dealkylation sites (N-methyl/N-ethyl adjacent to an activating group) is 1. The zero-order valence-electron chi connectivity index (χ0n) is 11.0. The molecule has 1 fully saturated rings. The lowest BCUT2D eigenvalue weighted by molar-refractivity contribution is -0.156. The largest absolute Gasteiger partial charge is 0.376 e. The Morgan fingerprint density at radius 2 is 2.18 bits per heavy atom. The third-order valence-corrected chi connectivity index (χ3v) is 3.12. The van der Waals surface area contributed by atoms with E-state index in [0.717, 1.165) is 6.42 Å². The molecule has 17 heavy (non-hydrogen) atoms. The lowest BCUT2D eigenvalue weighted by Gasteiger charge is -2.27. The number of hydrogen-bond donors (Lipinski definition) is 1. The van der Waals surface area contributed by atoms with Gasteiger partial charge >= 0.3 is 0 Å². The van der Waals surface area contributed by atoms with Gasteiger partial charge in [0.1, 0.15) is 0 Å². The van der Waals surface area contributed by atoms with Crippen LogP contribution in [0.1, 0.15) is 20.3 Å². The van der Waals surface area contributed by atoms with Crippen LogP contribution in [0, 0.1) is 5.92 Å². The van der Waals surface area contributed by atoms with Crippen molar-refractivity contribution in [2.75, 3.05) is 33.4 Å². The monoisotopic (exact) mass is 244 g/mol. The second-order valence-electron chi connectivity index (χ2n) is 4.89. The summed E-state index contributed by atoms with van der Waals surface area (Å²) in [5, 5.41) is 0. The molecule has 1 amide bonds. The minimum absolute atomic E-state index is 0.0133. The van der Waals surface area contributed by atoms with Crippen molar-refractivity contribution in [2.24, 2.45) is 11.7 Å². The normalized spacial score (nSPS) is 22.5. The third kappa shape index (κ3) is 4.61. The van der Waals surface area contributed by atoms with Crippen LogP contribution in [-0.2, 0) is 14.3 Å². The maximum atomic E-state index is 12.0. The van der Waals surface area contributed by atoms with Crippen LogP contribution in [0.15, 0.2) is 0 Å². The summed E-state index contributed by atoms with van der Waals surface area (Å²) in [4.78, 5) is 13.6. The Morgan fingerprint density at radius 3 is 2.71 bits per heavy atom. The summed E-state index contributed by atoms with van der Waals surface area (Å²) in [7, 11) is 1.79. The zero-order chi connectivity index (χ0) is 12.8. The highest BCUT2D eigenvalue weighted by Gasteiger charge is 2.25. The van der Waals surface area contributed by atoms with E-state index in [9.17, 15) is 4.79 Å². The first kappa shape index (κ1) is 14.4. The highest BCUT2D eigenvalue weighted by molar-refractivity contribution is 5.80. The van der Waals surface area contributed by atoms with Crippen molar-refractivity contribution in [3.05, 3.63) is 0 Å². The fourth-order valence-corrected chi connectivity index (χ4v) is 1.66. The molecule has 0 spiro atoms. The highest BCUT2D eigenvalue weighted by atomic mass is 16.6. The minimum Gasteiger partial charge on any atom is -0.376 e. The Morgan fingerprint density at radius 1 is 1.47 bits per heavy atom. The van der Waals surface area contributed by atoms with Crippen molar-refractivity contribution in [2.45, 2.75) is 32.4 Å². The molecule has 0 radical (unpaired) electrons. The van der Waals surface area contributed by atoms with Gasteiger partial charge in [0.2, 0.25) is 0 Å². The van der Waals surface area contributed by atoms with Gasteiger partial charge in [-0.25, -0.2) is 0 Å². The quantitative estimate of drug-likeness (QED) is 0.752. The van der Waals surface area contributed by atoms with Crippen molar-refractivity contribution in [3.63, 3.8) is 0 Å². The highest BCUT2D eigenvalue weighted by Crippen LogP contribution is 2.07. The molecule has 0 aromatic heterocycles. The Balaban J connectivity index is 2.30. The number of carbonyl (C=O) groups is 1. The molecule has 1 rings (SSSR count). The SMILES string of the molecule is CC(C)C(N)CCN(C)C(=O)C1COCCO1. The van der Waals surface area contributed by atoms with Crippen molar-refractivity contribution >= 4 is 5.91 Å². The van der Waals surface area contributed by atoms with Gasteiger partial charge in [-0.15, -0.1) is 0 Å². The van der Waals surface area contributed by atoms with E-state index in [2.05, 4.69) is 13.8 Å². The topological polar surface area (TPSA) is 64.8 Å². The number of carbonyl (C=O) groups excluding carboxylic acids is 1. The maximum Gasteiger partial charge on any atom is 0.253 e. The van der Waals surface area contributed by atoms with Crippen LogP contribution in [0.3, 0.4) is 0 Å². The van der Waals surface area contributed by atoms with Crippen LogP contribution in [0.4, 0.5) is 0 Å². The van der Waals surface area contributed by atoms with E-state index in [1.807, 2.05) is 0 Å². The molecule has 2 atom stereocenters. The van der Waals surface area contributed by atoms with E-state index in [-0.39, 0.29) is 11.9 Å². The molecular formula is C12H24N2O3. The second-order valence-corrected chi connectivity index (χ2v) is 4.89. The fraction of sp³-hybridized carbons (Fsp3) is 0.917. The molecule has 0 aliphatic carbocycles. The van der Waals surface area contributed by atoms with Gasteiger partial charge in [-0.05, 0) is 12.3 Å². The first-order valence-electron chi connectivity index (χ1n) is 6.22. The second kappa shape index (κ2) is 6.93. The van der Waals surface area contributed by atoms with Crippen LogP contribution >= 0.6 is 0 Å². The van der Waals surface area contributed by atoms with Gasteiger partial charge in [0.25, 0.3) is 5.91 Å². The molecule has 2 unspecified atom stereocenters. The van der Waals surface area contributed by atoms with Crippen molar-refractivity contribution in [1.29, 1.82) is 0 Å². The molecule has 0 aromatic rings. The summed E-state index contributed by atoms with van der Waals surface area (Å²) in [5.41, 5.74) is 5.95. The molecule has 0 saturated carbocycles. The summed E-state index contributed by atoms with van der Waals surface area (Å²) in [5.74, 6) is 0.424. The van der Waals surface area contributed by atoms with Crippen LogP contribution in [0.2, 0.25) is 0 Å². The van der Waals surface area contributed by atoms with Gasteiger partial charge in [-0.1, -0.05) is 13.8 Å². The lowest BCUT2D eigenvalue weighted by atomic mass is 10.0. The molecule has 1 aliphatic heterocycles. The molecule has 0 bridgehead atoms. The smallest absolute Gasteiger partial charge is 0.253 e. The summed E-state index contributed by atoms with van der Waals surface area (Å²) in [6.07, 6.45) is 0.372. The van der Waals surface area contributed by atoms with E-state index < -0.39 is 6.10 Å². The van der Waals surface area contributed by atoms with Crippen LogP contribution < -0.4 is 5.73 Å². The van der Waals surface area contributed by atoms with Crippen LogP contribution in [-0.4, -0.2) is 56.4 Å². The maximum absolute atomic E-state index is 12.0. The molecule has 0 aromatic carbocycles. The fourth-order valence-electron chi connectivity index (χ4n) is 1.66. The predicted octanol–water partition coefficient (Wildman–Crippen LogP) is 0.234. The van der Waals surface area contributed by atoms with Gasteiger partial charge in [-0.2, -0.15) is 0 Å². The van der Waals surface area contributed by atoms with Gasteiger partial charge in [0, 0.05) is 19.6 Å². The summed E-state index contributed by atoms with van der Waals surface area (Å²) >= 11 is 0. The van der Waals surface area contributed by atoms with Gasteiger partial charge < -0.3 is 20.1 Å². The number of ether oxygens (including phenoxy) is 2. The van der Waals surface area contributed by atoms with Crippen LogP contribution in [0.5, 0.6) is 0 Å². The number of nitrogens with zero attached hydrogens (tertiary/aromatic N) is 1. The van der Waals surface area contributed by atoms with E-state index >= 15 is 0 Å². The van der Waals surface area contributed by atoms with Crippen molar-refractivity contribution in [3.8, 4) is 0 Å². The molecule has 1 aliphatic rings. The standard InChI is InChI=1S/C12H24N2O3/c1-9(2)10(13)4-5-14(3)12(15)11-8-16-6-7-17-11/h9-11H,4-8,13H2,1-3H3. The van der Waals surface area contributed by atoms with E-state index in [0.29, 0.717) is 32.3 Å². The number of amides is 1. The molecule has 2 N–H and O–H groups in total. The van der Waals surface area contributed by atoms with E-state index in [1.54, 1.807) is 11.9 Å². The zero-order valence-corrected chi connectivity index (χ0v) is 11.0. The van der Waals surface area contributed by atoms with E-state index in [1.165, 1.54) is 0 Å². The first-order chi connectivity index (χ1) is 8.02. The number of nitrogens with two attached hydrogens (primary N) is 1. The average molecular weight is 244 g/mol. The average Bonchev–Trinajstić information content (AvgIpc) is 2.35. The molecule has 1 heterocycles. The summed E-state index contributed by atoms with van der Waals surface area (Å²) < 4.78 is 10.6. The number of rotatable bonds is 5. The summed E-state index contributed by atoms with van der Waals surface area (Å²) in [6, 6.07) is 0.133. The molecule has 1 saturated heterocycles. The lowest BCUT2D eigenvalue weighted by Crippen LogP contribution is -2.45. The minimum atomic E-state index is -0.441. The molecule has 5 nitrogen and oxygen atoms in total. The van der Waals surface area contributed by atoms with Gasteiger partial charge in [0.05, 0.1) is 19.8 Å². The van der Waals surface area contributed by atoms with E-state index in [4.69, 9.17) is 15.2 Å². The Kier molecular flexibility index (Phi) is 5.88. The van der Waals surface area contributed by atoms with Gasteiger partial charge in [-0.3, -0.25) is 4.79 Å². The summed E-state index contributed by atoms with van der Waals surface area (Å²) in [6.45, 7) is 6.27. The molecule has 100 valence electrons. The third-order valence-electron chi connectivity index (χ3n) is 3.12. The Labute approximate surface area is 103 Å². The Hall–Kier alpha value is -0.650. The van der Waals surface area contributed by atoms with Crippen LogP contribution in [0.25, 0.3) is 0 Å². The first-order valence-corrected chi connectivity index (χ1v) is 6.22. The van der Waals surface area contributed by atoms with Crippen molar-refractivity contribution in [1.82, 2.24) is 4.90 Å². The molecular weight excluding hydrogens is 220 g/mol. The predicted molar refractivity (Wildman–Crippen MR) is 65.6 cm³/mol. The Bertz CT molecular complexity index is 240. The number of hydrogen-bond acceptors (Lipinski definition) is 4. The molecule has 5 heteroatoms. The van der Waals surface area contributed by atoms with Crippen molar-refractivity contribution < 1.29 is 14.3 Å².